The minimum Gasteiger partial charge on any atom is -0.463 e. The maximum Gasteiger partial charge on any atom is 0.153 e. The Morgan fingerprint density at radius 3 is 2.65 bits per heavy atom. The Hall–Kier alpha value is -1.48. The molecule has 0 N–H and O–H groups in total. The number of hydrogen-bond acceptors (Lipinski definition) is 2. The molecular formula is C13H14ClNO2. The lowest BCUT2D eigenvalue weighted by Crippen LogP contribution is -2.05. The smallest absolute Gasteiger partial charge is 0.153 e. The zero-order chi connectivity index (χ0) is 12.6. The van der Waals surface area contributed by atoms with E-state index in [9.17, 15) is 4.79 Å². The van der Waals surface area contributed by atoms with Gasteiger partial charge < -0.3 is 8.98 Å². The molecule has 17 heavy (non-hydrogen) atoms. The summed E-state index contributed by atoms with van der Waals surface area (Å²) in [6, 6.07) is 3.86. The van der Waals surface area contributed by atoms with E-state index in [-0.39, 0.29) is 6.04 Å². The van der Waals surface area contributed by atoms with Gasteiger partial charge in [0.15, 0.2) is 12.0 Å². The molecule has 0 aliphatic rings. The summed E-state index contributed by atoms with van der Waals surface area (Å²) in [6.45, 7) is 5.98. The quantitative estimate of drug-likeness (QED) is 0.770. The minimum absolute atomic E-state index is 0.210. The summed E-state index contributed by atoms with van der Waals surface area (Å²) >= 11 is 6.26. The molecule has 0 spiro atoms. The van der Waals surface area contributed by atoms with Crippen molar-refractivity contribution in [2.24, 2.45) is 0 Å². The van der Waals surface area contributed by atoms with Gasteiger partial charge in [-0.05, 0) is 32.9 Å². The third-order valence-corrected chi connectivity index (χ3v) is 3.21. The molecular weight excluding hydrogens is 238 g/mol. The van der Waals surface area contributed by atoms with Gasteiger partial charge in [-0.25, -0.2) is 0 Å². The largest absolute Gasteiger partial charge is 0.463 e. The summed E-state index contributed by atoms with van der Waals surface area (Å²) in [7, 11) is 0. The number of aromatic nitrogens is 1. The molecule has 4 heteroatoms. The molecule has 0 aliphatic heterocycles. The highest BCUT2D eigenvalue weighted by molar-refractivity contribution is 6.35. The maximum absolute atomic E-state index is 11.1. The number of halogens is 1. The van der Waals surface area contributed by atoms with Gasteiger partial charge in [0.2, 0.25) is 0 Å². The molecule has 0 saturated carbocycles. The third kappa shape index (κ3) is 1.80. The summed E-state index contributed by atoms with van der Waals surface area (Å²) < 4.78 is 7.40. The monoisotopic (exact) mass is 251 g/mol. The van der Waals surface area contributed by atoms with Crippen molar-refractivity contribution in [2.75, 3.05) is 0 Å². The molecule has 0 aromatic carbocycles. The van der Waals surface area contributed by atoms with Gasteiger partial charge in [-0.3, -0.25) is 4.79 Å². The standard InChI is InChI=1S/C13H14ClNO2/c1-8(2)15-9(3)10(7-16)12(14)13(15)11-5-4-6-17-11/h4-8H,1-3H3. The molecule has 0 fully saturated rings. The van der Waals surface area contributed by atoms with E-state index in [1.807, 2.05) is 31.4 Å². The van der Waals surface area contributed by atoms with E-state index >= 15 is 0 Å². The average Bonchev–Trinajstić information content (AvgIpc) is 2.84. The number of hydrogen-bond donors (Lipinski definition) is 0. The molecule has 0 bridgehead atoms. The van der Waals surface area contributed by atoms with Crippen LogP contribution in [0.5, 0.6) is 0 Å². The van der Waals surface area contributed by atoms with Crippen LogP contribution in [0.3, 0.4) is 0 Å². The number of nitrogens with zero attached hydrogens (tertiary/aromatic N) is 1. The van der Waals surface area contributed by atoms with Gasteiger partial charge >= 0.3 is 0 Å². The average molecular weight is 252 g/mol. The molecule has 2 rings (SSSR count). The molecule has 3 nitrogen and oxygen atoms in total. The van der Waals surface area contributed by atoms with E-state index in [1.54, 1.807) is 12.3 Å². The summed E-state index contributed by atoms with van der Waals surface area (Å²) in [5.41, 5.74) is 2.17. The fraction of sp³-hybridized carbons (Fsp3) is 0.308. The molecule has 90 valence electrons. The first-order valence-corrected chi connectivity index (χ1v) is 5.85. The van der Waals surface area contributed by atoms with Crippen LogP contribution in [0.4, 0.5) is 0 Å². The van der Waals surface area contributed by atoms with Crippen LogP contribution in [0.25, 0.3) is 11.5 Å². The first-order chi connectivity index (χ1) is 8.07. The van der Waals surface area contributed by atoms with Crippen molar-refractivity contribution in [2.45, 2.75) is 26.8 Å². The van der Waals surface area contributed by atoms with Gasteiger partial charge in [0.25, 0.3) is 0 Å². The zero-order valence-corrected chi connectivity index (χ0v) is 10.8. The predicted octanol–water partition coefficient (Wildman–Crippen LogP) is 4.10. The molecule has 0 radical (unpaired) electrons. The molecule has 0 unspecified atom stereocenters. The lowest BCUT2D eigenvalue weighted by Gasteiger charge is -2.14. The Bertz CT molecular complexity index is 538. The van der Waals surface area contributed by atoms with Crippen molar-refractivity contribution < 1.29 is 9.21 Å². The maximum atomic E-state index is 11.1. The Morgan fingerprint density at radius 1 is 1.47 bits per heavy atom. The molecule has 0 saturated heterocycles. The molecule has 0 atom stereocenters. The Balaban J connectivity index is 2.77. The number of carbonyl (C=O) groups excluding carboxylic acids is 1. The molecule has 2 aromatic heterocycles. The van der Waals surface area contributed by atoms with Gasteiger partial charge in [-0.1, -0.05) is 11.6 Å². The van der Waals surface area contributed by atoms with Crippen LogP contribution in [0.2, 0.25) is 5.02 Å². The number of rotatable bonds is 3. The number of carbonyl (C=O) groups is 1. The van der Waals surface area contributed by atoms with Crippen molar-refractivity contribution in [3.05, 3.63) is 34.7 Å². The Labute approximate surface area is 105 Å². The van der Waals surface area contributed by atoms with Crippen molar-refractivity contribution in [3.63, 3.8) is 0 Å². The third-order valence-electron chi connectivity index (χ3n) is 2.83. The first-order valence-electron chi connectivity index (χ1n) is 5.47. The highest BCUT2D eigenvalue weighted by Crippen LogP contribution is 2.37. The van der Waals surface area contributed by atoms with E-state index in [0.717, 1.165) is 17.7 Å². The minimum atomic E-state index is 0.210. The van der Waals surface area contributed by atoms with Crippen molar-refractivity contribution in [1.82, 2.24) is 4.57 Å². The number of aldehydes is 1. The van der Waals surface area contributed by atoms with E-state index < -0.39 is 0 Å². The second kappa shape index (κ2) is 4.41. The van der Waals surface area contributed by atoms with E-state index in [2.05, 4.69) is 0 Å². The zero-order valence-electron chi connectivity index (χ0n) is 10.0. The molecule has 0 aliphatic carbocycles. The van der Waals surface area contributed by atoms with Crippen molar-refractivity contribution in [1.29, 1.82) is 0 Å². The van der Waals surface area contributed by atoms with Crippen LogP contribution >= 0.6 is 11.6 Å². The summed E-state index contributed by atoms with van der Waals surface area (Å²) in [5, 5.41) is 0.459. The first kappa shape index (κ1) is 12.0. The van der Waals surface area contributed by atoms with Gasteiger partial charge in [0.1, 0.15) is 5.69 Å². The normalized spacial score (nSPS) is 11.1. The highest BCUT2D eigenvalue weighted by atomic mass is 35.5. The lowest BCUT2D eigenvalue weighted by atomic mass is 10.2. The van der Waals surface area contributed by atoms with Crippen LogP contribution < -0.4 is 0 Å². The van der Waals surface area contributed by atoms with E-state index in [4.69, 9.17) is 16.0 Å². The summed E-state index contributed by atoms with van der Waals surface area (Å²) in [4.78, 5) is 11.1. The molecule has 2 heterocycles. The van der Waals surface area contributed by atoms with E-state index in [1.165, 1.54) is 0 Å². The fourth-order valence-electron chi connectivity index (χ4n) is 2.11. The Morgan fingerprint density at radius 2 is 2.18 bits per heavy atom. The van der Waals surface area contributed by atoms with Crippen LogP contribution in [0, 0.1) is 6.92 Å². The second-order valence-electron chi connectivity index (χ2n) is 4.22. The Kier molecular flexibility index (Phi) is 3.11. The van der Waals surface area contributed by atoms with Crippen LogP contribution in [0.15, 0.2) is 22.8 Å². The highest BCUT2D eigenvalue weighted by Gasteiger charge is 2.22. The lowest BCUT2D eigenvalue weighted by molar-refractivity contribution is 0.112. The molecule has 2 aromatic rings. The van der Waals surface area contributed by atoms with Gasteiger partial charge in [-0.2, -0.15) is 0 Å². The van der Waals surface area contributed by atoms with Gasteiger partial charge in [0, 0.05) is 11.7 Å². The number of furan rings is 1. The summed E-state index contributed by atoms with van der Waals surface area (Å²) in [5.74, 6) is 0.680. The van der Waals surface area contributed by atoms with Gasteiger partial charge in [-0.15, -0.1) is 0 Å². The van der Waals surface area contributed by atoms with Crippen LogP contribution in [0.1, 0.15) is 35.9 Å². The van der Waals surface area contributed by atoms with Crippen LogP contribution in [-0.4, -0.2) is 10.9 Å². The SMILES string of the molecule is Cc1c(C=O)c(Cl)c(-c2ccco2)n1C(C)C. The van der Waals surface area contributed by atoms with Crippen molar-refractivity contribution in [3.8, 4) is 11.5 Å². The van der Waals surface area contributed by atoms with Gasteiger partial charge in [0.05, 0.1) is 16.8 Å². The fourth-order valence-corrected chi connectivity index (χ4v) is 2.48. The second-order valence-corrected chi connectivity index (χ2v) is 4.60. The van der Waals surface area contributed by atoms with E-state index in [0.29, 0.717) is 16.3 Å². The topological polar surface area (TPSA) is 35.1 Å². The van der Waals surface area contributed by atoms with Crippen molar-refractivity contribution >= 4 is 17.9 Å². The molecule has 0 amide bonds. The predicted molar refractivity (Wildman–Crippen MR) is 67.7 cm³/mol. The summed E-state index contributed by atoms with van der Waals surface area (Å²) in [6.07, 6.45) is 2.39. The van der Waals surface area contributed by atoms with Crippen LogP contribution in [-0.2, 0) is 0 Å².